The first-order valence-corrected chi connectivity index (χ1v) is 6.98. The monoisotopic (exact) mass is 346 g/mol. The van der Waals surface area contributed by atoms with Crippen molar-refractivity contribution in [3.8, 4) is 0 Å². The minimum Gasteiger partial charge on any atom is -0.481 e. The summed E-state index contributed by atoms with van der Waals surface area (Å²) in [6.45, 7) is 0. The molecule has 0 atom stereocenters. The van der Waals surface area contributed by atoms with Crippen LogP contribution in [0.15, 0.2) is 28.1 Å². The van der Waals surface area contributed by atoms with Gasteiger partial charge in [-0.15, -0.1) is 11.3 Å². The largest absolute Gasteiger partial charge is 0.481 e. The van der Waals surface area contributed by atoms with Gasteiger partial charge in [-0.2, -0.15) is 0 Å². The number of thiazole rings is 1. The molecule has 2 N–H and O–H groups in total. The zero-order valence-corrected chi connectivity index (χ0v) is 12.1. The molecule has 94 valence electrons. The molecule has 1 aromatic heterocycles. The van der Waals surface area contributed by atoms with Gasteiger partial charge in [0.1, 0.15) is 0 Å². The maximum Gasteiger partial charge on any atom is 0.309 e. The van der Waals surface area contributed by atoms with Gasteiger partial charge in [0.25, 0.3) is 0 Å². The molecule has 2 aromatic rings. The number of nitrogens with one attached hydrogen (secondary N) is 1. The third-order valence-electron chi connectivity index (χ3n) is 2.05. The van der Waals surface area contributed by atoms with E-state index in [-0.39, 0.29) is 6.42 Å². The van der Waals surface area contributed by atoms with Gasteiger partial charge in [0.15, 0.2) is 5.13 Å². The summed E-state index contributed by atoms with van der Waals surface area (Å²) >= 11 is 10.7. The standard InChI is InChI=1S/C11H8BrClN2O2S/c12-6-1-2-8(13)9(3-6)15-11-14-7(5-18-11)4-10(16)17/h1-3,5H,4H2,(H,14,15)(H,16,17). The molecule has 0 saturated heterocycles. The summed E-state index contributed by atoms with van der Waals surface area (Å²) in [5.74, 6) is -0.896. The van der Waals surface area contributed by atoms with Crippen molar-refractivity contribution in [1.29, 1.82) is 0 Å². The predicted molar refractivity (Wildman–Crippen MR) is 75.9 cm³/mol. The Morgan fingerprint density at radius 2 is 2.33 bits per heavy atom. The number of aromatic nitrogens is 1. The van der Waals surface area contributed by atoms with E-state index in [9.17, 15) is 4.79 Å². The summed E-state index contributed by atoms with van der Waals surface area (Å²) < 4.78 is 0.900. The van der Waals surface area contributed by atoms with Gasteiger partial charge in [-0.1, -0.05) is 27.5 Å². The van der Waals surface area contributed by atoms with E-state index in [0.29, 0.717) is 15.8 Å². The zero-order valence-electron chi connectivity index (χ0n) is 8.98. The number of carbonyl (C=O) groups is 1. The molecular formula is C11H8BrClN2O2S. The molecule has 0 saturated carbocycles. The molecule has 2 rings (SSSR count). The van der Waals surface area contributed by atoms with Crippen LogP contribution >= 0.6 is 38.9 Å². The fraction of sp³-hybridized carbons (Fsp3) is 0.0909. The lowest BCUT2D eigenvalue weighted by Crippen LogP contribution is -2.00. The van der Waals surface area contributed by atoms with Crippen molar-refractivity contribution in [1.82, 2.24) is 4.98 Å². The first-order chi connectivity index (χ1) is 8.54. The molecule has 0 unspecified atom stereocenters. The average molecular weight is 348 g/mol. The van der Waals surface area contributed by atoms with Crippen LogP contribution in [0, 0.1) is 0 Å². The number of rotatable bonds is 4. The molecule has 0 aliphatic heterocycles. The van der Waals surface area contributed by atoms with E-state index < -0.39 is 5.97 Å². The van der Waals surface area contributed by atoms with Crippen LogP contribution < -0.4 is 5.32 Å². The summed E-state index contributed by atoms with van der Waals surface area (Å²) in [4.78, 5) is 14.7. The number of hydrogen-bond donors (Lipinski definition) is 2. The third-order valence-corrected chi connectivity index (χ3v) is 3.68. The van der Waals surface area contributed by atoms with E-state index in [1.165, 1.54) is 11.3 Å². The van der Waals surface area contributed by atoms with Crippen molar-refractivity contribution in [2.75, 3.05) is 5.32 Å². The number of anilines is 2. The Hall–Kier alpha value is -1.11. The third kappa shape index (κ3) is 3.44. The summed E-state index contributed by atoms with van der Waals surface area (Å²) in [6.07, 6.45) is -0.0790. The van der Waals surface area contributed by atoms with E-state index in [4.69, 9.17) is 16.7 Å². The Morgan fingerprint density at radius 1 is 1.56 bits per heavy atom. The molecule has 0 aliphatic carbocycles. The van der Waals surface area contributed by atoms with Crippen LogP contribution in [-0.2, 0) is 11.2 Å². The van der Waals surface area contributed by atoms with Gasteiger partial charge in [-0.3, -0.25) is 4.79 Å². The normalized spacial score (nSPS) is 10.3. The fourth-order valence-electron chi connectivity index (χ4n) is 1.31. The van der Waals surface area contributed by atoms with Gasteiger partial charge in [0.2, 0.25) is 0 Å². The number of halogens is 2. The number of hydrogen-bond acceptors (Lipinski definition) is 4. The summed E-state index contributed by atoms with van der Waals surface area (Å²) in [5, 5.41) is 14.6. The number of aliphatic carboxylic acids is 1. The predicted octanol–water partition coefficient (Wildman–Crippen LogP) is 3.93. The Morgan fingerprint density at radius 3 is 3.06 bits per heavy atom. The highest BCUT2D eigenvalue weighted by molar-refractivity contribution is 9.10. The van der Waals surface area contributed by atoms with E-state index in [2.05, 4.69) is 26.2 Å². The second-order valence-electron chi connectivity index (χ2n) is 3.46. The molecule has 0 bridgehead atoms. The van der Waals surface area contributed by atoms with Crippen LogP contribution in [0.5, 0.6) is 0 Å². The quantitative estimate of drug-likeness (QED) is 0.879. The molecule has 18 heavy (non-hydrogen) atoms. The molecule has 0 amide bonds. The molecule has 0 spiro atoms. The highest BCUT2D eigenvalue weighted by Crippen LogP contribution is 2.29. The first kappa shape index (κ1) is 13.3. The highest BCUT2D eigenvalue weighted by atomic mass is 79.9. The van der Waals surface area contributed by atoms with Crippen LogP contribution in [0.3, 0.4) is 0 Å². The van der Waals surface area contributed by atoms with Crippen LogP contribution in [0.2, 0.25) is 5.02 Å². The van der Waals surface area contributed by atoms with Gasteiger partial charge >= 0.3 is 5.97 Å². The minimum atomic E-state index is -0.896. The molecule has 1 heterocycles. The Kier molecular flexibility index (Phi) is 4.21. The summed E-state index contributed by atoms with van der Waals surface area (Å²) in [7, 11) is 0. The van der Waals surface area contributed by atoms with Crippen molar-refractivity contribution < 1.29 is 9.90 Å². The van der Waals surface area contributed by atoms with Gasteiger partial charge in [-0.05, 0) is 18.2 Å². The lowest BCUT2D eigenvalue weighted by molar-refractivity contribution is -0.136. The highest BCUT2D eigenvalue weighted by Gasteiger charge is 2.08. The van der Waals surface area contributed by atoms with Gasteiger partial charge in [0, 0.05) is 9.85 Å². The first-order valence-electron chi connectivity index (χ1n) is 4.93. The number of carboxylic acids is 1. The van der Waals surface area contributed by atoms with Crippen LogP contribution in [-0.4, -0.2) is 16.1 Å². The van der Waals surface area contributed by atoms with E-state index >= 15 is 0 Å². The van der Waals surface area contributed by atoms with E-state index in [0.717, 1.165) is 10.2 Å². The van der Waals surface area contributed by atoms with Crippen LogP contribution in [0.4, 0.5) is 10.8 Å². The Balaban J connectivity index is 2.16. The molecule has 4 nitrogen and oxygen atoms in total. The number of carboxylic acid groups (broad SMARTS) is 1. The van der Waals surface area contributed by atoms with Crippen molar-refractivity contribution in [3.05, 3.63) is 38.8 Å². The number of nitrogens with zero attached hydrogens (tertiary/aromatic N) is 1. The molecule has 7 heteroatoms. The molecule has 0 fully saturated rings. The van der Waals surface area contributed by atoms with Gasteiger partial charge < -0.3 is 10.4 Å². The van der Waals surface area contributed by atoms with Crippen LogP contribution in [0.25, 0.3) is 0 Å². The number of benzene rings is 1. The zero-order chi connectivity index (χ0) is 13.1. The minimum absolute atomic E-state index is 0.0790. The maximum atomic E-state index is 10.6. The van der Waals surface area contributed by atoms with Crippen molar-refractivity contribution >= 4 is 55.7 Å². The maximum absolute atomic E-state index is 10.6. The van der Waals surface area contributed by atoms with Gasteiger partial charge in [-0.25, -0.2) is 4.98 Å². The average Bonchev–Trinajstić information content (AvgIpc) is 2.70. The fourth-order valence-corrected chi connectivity index (χ4v) is 2.56. The van der Waals surface area contributed by atoms with E-state index in [1.807, 2.05) is 12.1 Å². The Bertz CT molecular complexity index is 588. The molecular weight excluding hydrogens is 340 g/mol. The Labute approximate surface area is 121 Å². The van der Waals surface area contributed by atoms with E-state index in [1.54, 1.807) is 11.4 Å². The molecule has 0 radical (unpaired) electrons. The molecule has 1 aromatic carbocycles. The van der Waals surface area contributed by atoms with Gasteiger partial charge in [0.05, 0.1) is 22.8 Å². The second-order valence-corrected chi connectivity index (χ2v) is 5.64. The van der Waals surface area contributed by atoms with Crippen molar-refractivity contribution in [3.63, 3.8) is 0 Å². The van der Waals surface area contributed by atoms with Crippen molar-refractivity contribution in [2.24, 2.45) is 0 Å². The molecule has 0 aliphatic rings. The topological polar surface area (TPSA) is 62.2 Å². The lowest BCUT2D eigenvalue weighted by atomic mass is 10.3. The smallest absolute Gasteiger partial charge is 0.309 e. The van der Waals surface area contributed by atoms with Crippen molar-refractivity contribution in [2.45, 2.75) is 6.42 Å². The second kappa shape index (κ2) is 5.69. The lowest BCUT2D eigenvalue weighted by Gasteiger charge is -2.05. The summed E-state index contributed by atoms with van der Waals surface area (Å²) in [5.41, 5.74) is 1.25. The SMILES string of the molecule is O=C(O)Cc1csc(Nc2cc(Br)ccc2Cl)n1. The summed E-state index contributed by atoms with van der Waals surface area (Å²) in [6, 6.07) is 5.44. The van der Waals surface area contributed by atoms with Crippen LogP contribution in [0.1, 0.15) is 5.69 Å².